The highest BCUT2D eigenvalue weighted by molar-refractivity contribution is 7.53. The molecule has 0 bridgehead atoms. The molecule has 0 rings (SSSR count). The molecule has 3 N–H and O–H groups in total. The second-order valence-electron chi connectivity index (χ2n) is 5.44. The molecule has 2 unspecified atom stereocenters. The van der Waals surface area contributed by atoms with Crippen molar-refractivity contribution >= 4 is 19.4 Å². The summed E-state index contributed by atoms with van der Waals surface area (Å²) >= 11 is 0. The van der Waals surface area contributed by atoms with Crippen molar-refractivity contribution in [1.82, 2.24) is 10.6 Å². The highest BCUT2D eigenvalue weighted by Crippen LogP contribution is 2.48. The molecule has 0 spiro atoms. The van der Waals surface area contributed by atoms with Crippen LogP contribution in [0.4, 0.5) is 0 Å². The smallest absolute Gasteiger partial charge is 0.330 e. The van der Waals surface area contributed by atoms with Crippen molar-refractivity contribution in [1.29, 1.82) is 0 Å². The van der Waals surface area contributed by atoms with Gasteiger partial charge in [-0.2, -0.15) is 0 Å². The van der Waals surface area contributed by atoms with Gasteiger partial charge in [0.2, 0.25) is 11.8 Å². The van der Waals surface area contributed by atoms with Gasteiger partial charge in [0.05, 0.1) is 5.66 Å². The van der Waals surface area contributed by atoms with Crippen LogP contribution in [-0.2, 0) is 18.7 Å². The van der Waals surface area contributed by atoms with Gasteiger partial charge in [-0.15, -0.1) is 0 Å². The highest BCUT2D eigenvalue weighted by atomic mass is 31.2. The molecule has 0 aliphatic rings. The molecule has 0 saturated heterocycles. The molecule has 0 heterocycles. The maximum Gasteiger partial charge on any atom is 0.330 e. The van der Waals surface area contributed by atoms with E-state index in [1.165, 1.54) is 0 Å². The van der Waals surface area contributed by atoms with E-state index in [1.807, 2.05) is 0 Å². The standard InChI is InChI=1S/C13H27N2O5P/c1-6-12(16)14-7-11(8-15-13(17)9(2)3)20-21(18,19)10(4)5/h9-11H,6-8H2,1-5H3,(H,14,16)(H,15,17)(H,18,19). The molecule has 0 fully saturated rings. The first-order valence-electron chi connectivity index (χ1n) is 7.15. The molecule has 8 heteroatoms. The van der Waals surface area contributed by atoms with Gasteiger partial charge in [-0.25, -0.2) is 0 Å². The molecule has 2 amide bonds. The molecule has 2 atom stereocenters. The van der Waals surface area contributed by atoms with Crippen LogP contribution in [0.15, 0.2) is 0 Å². The van der Waals surface area contributed by atoms with Crippen LogP contribution in [0.25, 0.3) is 0 Å². The summed E-state index contributed by atoms with van der Waals surface area (Å²) in [5.74, 6) is -0.555. The van der Waals surface area contributed by atoms with E-state index in [-0.39, 0.29) is 30.8 Å². The monoisotopic (exact) mass is 322 g/mol. The normalized spacial score (nSPS) is 15.6. The van der Waals surface area contributed by atoms with Crippen molar-refractivity contribution < 1.29 is 23.6 Å². The number of nitrogens with one attached hydrogen (secondary N) is 2. The van der Waals surface area contributed by atoms with Gasteiger partial charge < -0.3 is 20.1 Å². The van der Waals surface area contributed by atoms with Crippen LogP contribution in [0.3, 0.4) is 0 Å². The Morgan fingerprint density at radius 2 is 1.67 bits per heavy atom. The van der Waals surface area contributed by atoms with Crippen LogP contribution in [0.1, 0.15) is 41.0 Å². The quantitative estimate of drug-likeness (QED) is 0.554. The van der Waals surface area contributed by atoms with E-state index in [2.05, 4.69) is 10.6 Å². The molecular weight excluding hydrogens is 295 g/mol. The van der Waals surface area contributed by atoms with Crippen molar-refractivity contribution in [3.8, 4) is 0 Å². The summed E-state index contributed by atoms with van der Waals surface area (Å²) in [6.07, 6.45) is -0.437. The average molecular weight is 322 g/mol. The van der Waals surface area contributed by atoms with E-state index in [0.717, 1.165) is 0 Å². The van der Waals surface area contributed by atoms with Gasteiger partial charge in [0.25, 0.3) is 0 Å². The van der Waals surface area contributed by atoms with Gasteiger partial charge in [0.15, 0.2) is 0 Å². The van der Waals surface area contributed by atoms with Gasteiger partial charge in [-0.3, -0.25) is 14.2 Å². The van der Waals surface area contributed by atoms with Gasteiger partial charge in [0, 0.05) is 25.4 Å². The number of rotatable bonds is 9. The average Bonchev–Trinajstić information content (AvgIpc) is 2.40. The second-order valence-corrected chi connectivity index (χ2v) is 7.81. The van der Waals surface area contributed by atoms with Gasteiger partial charge >= 0.3 is 7.60 Å². The highest BCUT2D eigenvalue weighted by Gasteiger charge is 2.29. The number of amides is 2. The lowest BCUT2D eigenvalue weighted by molar-refractivity contribution is -0.124. The number of carbonyl (C=O) groups excluding carboxylic acids is 2. The molecule has 0 aromatic rings. The van der Waals surface area contributed by atoms with Crippen LogP contribution in [0.2, 0.25) is 0 Å². The number of hydrogen-bond donors (Lipinski definition) is 3. The lowest BCUT2D eigenvalue weighted by Crippen LogP contribution is -2.42. The third-order valence-electron chi connectivity index (χ3n) is 2.83. The van der Waals surface area contributed by atoms with Gasteiger partial charge in [-0.1, -0.05) is 34.6 Å². The van der Waals surface area contributed by atoms with E-state index in [9.17, 15) is 19.0 Å². The Bertz CT molecular complexity index is 398. The van der Waals surface area contributed by atoms with E-state index in [4.69, 9.17) is 4.52 Å². The molecular formula is C13H27N2O5P. The maximum atomic E-state index is 11.9. The molecule has 124 valence electrons. The molecule has 0 aliphatic heterocycles. The zero-order valence-corrected chi connectivity index (χ0v) is 14.3. The summed E-state index contributed by atoms with van der Waals surface area (Å²) in [6, 6.07) is 0. The minimum atomic E-state index is -3.78. The Kier molecular flexibility index (Phi) is 8.78. The molecule has 0 aliphatic carbocycles. The third kappa shape index (κ3) is 8.19. The molecule has 7 nitrogen and oxygen atoms in total. The first-order chi connectivity index (χ1) is 9.60. The van der Waals surface area contributed by atoms with Crippen LogP contribution >= 0.6 is 7.60 Å². The topological polar surface area (TPSA) is 105 Å². The van der Waals surface area contributed by atoms with Crippen LogP contribution in [0.5, 0.6) is 0 Å². The van der Waals surface area contributed by atoms with E-state index < -0.39 is 19.4 Å². The van der Waals surface area contributed by atoms with E-state index in [1.54, 1.807) is 34.6 Å². The number of carbonyl (C=O) groups is 2. The first-order valence-corrected chi connectivity index (χ1v) is 8.80. The predicted octanol–water partition coefficient (Wildman–Crippen LogP) is 1.26. The van der Waals surface area contributed by atoms with Crippen molar-refractivity contribution in [3.63, 3.8) is 0 Å². The Hall–Kier alpha value is -0.910. The summed E-state index contributed by atoms with van der Waals surface area (Å²) in [5.41, 5.74) is -0.553. The first kappa shape index (κ1) is 20.1. The van der Waals surface area contributed by atoms with Crippen LogP contribution < -0.4 is 10.6 Å². The Labute approximate surface area is 126 Å². The van der Waals surface area contributed by atoms with E-state index in [0.29, 0.717) is 6.42 Å². The van der Waals surface area contributed by atoms with Gasteiger partial charge in [-0.05, 0) is 0 Å². The van der Waals surface area contributed by atoms with Crippen LogP contribution in [-0.4, -0.2) is 41.6 Å². The molecule has 0 aromatic carbocycles. The Balaban J connectivity index is 4.65. The number of hydrogen-bond acceptors (Lipinski definition) is 4. The molecule has 0 aromatic heterocycles. The van der Waals surface area contributed by atoms with Crippen molar-refractivity contribution in [3.05, 3.63) is 0 Å². The fourth-order valence-corrected chi connectivity index (χ4v) is 2.07. The van der Waals surface area contributed by atoms with Crippen molar-refractivity contribution in [2.45, 2.75) is 52.8 Å². The van der Waals surface area contributed by atoms with Crippen molar-refractivity contribution in [2.75, 3.05) is 13.1 Å². The zero-order valence-electron chi connectivity index (χ0n) is 13.4. The molecule has 0 radical (unpaired) electrons. The zero-order chi connectivity index (χ0) is 16.6. The largest absolute Gasteiger partial charge is 0.353 e. The van der Waals surface area contributed by atoms with E-state index >= 15 is 0 Å². The lowest BCUT2D eigenvalue weighted by atomic mass is 10.2. The summed E-state index contributed by atoms with van der Waals surface area (Å²) < 4.78 is 17.1. The minimum Gasteiger partial charge on any atom is -0.353 e. The SMILES string of the molecule is CCC(=O)NCC(CNC(=O)C(C)C)OP(=O)(O)C(C)C. The van der Waals surface area contributed by atoms with Crippen molar-refractivity contribution in [2.24, 2.45) is 5.92 Å². The predicted molar refractivity (Wildman–Crippen MR) is 81.0 cm³/mol. The summed E-state index contributed by atoms with van der Waals surface area (Å²) in [5, 5.41) is 5.24. The van der Waals surface area contributed by atoms with Crippen LogP contribution in [0, 0.1) is 5.92 Å². The fraction of sp³-hybridized carbons (Fsp3) is 0.846. The lowest BCUT2D eigenvalue weighted by Gasteiger charge is -2.24. The van der Waals surface area contributed by atoms with Gasteiger partial charge in [0.1, 0.15) is 6.10 Å². The molecule has 21 heavy (non-hydrogen) atoms. The third-order valence-corrected chi connectivity index (χ3v) is 4.73. The summed E-state index contributed by atoms with van der Waals surface area (Å²) in [6.45, 7) is 8.49. The maximum absolute atomic E-state index is 11.9. The Morgan fingerprint density at radius 3 is 2.10 bits per heavy atom. The summed E-state index contributed by atoms with van der Waals surface area (Å²) in [7, 11) is -3.78. The second kappa shape index (κ2) is 9.18. The minimum absolute atomic E-state index is 0.0677. The fourth-order valence-electron chi connectivity index (χ4n) is 1.25. The molecule has 0 saturated carbocycles. The Morgan fingerprint density at radius 1 is 1.14 bits per heavy atom. The summed E-state index contributed by atoms with van der Waals surface area (Å²) in [4.78, 5) is 32.6.